The van der Waals surface area contributed by atoms with Crippen LogP contribution in [0.1, 0.15) is 42.6 Å². The zero-order valence-corrected chi connectivity index (χ0v) is 20.5. The summed E-state index contributed by atoms with van der Waals surface area (Å²) in [5, 5.41) is 12.7. The van der Waals surface area contributed by atoms with E-state index in [4.69, 9.17) is 4.74 Å². The lowest BCUT2D eigenvalue weighted by Crippen LogP contribution is -2.58. The highest BCUT2D eigenvalue weighted by atomic mass is 32.2. The summed E-state index contributed by atoms with van der Waals surface area (Å²) in [6, 6.07) is 13.8. The number of carbonyl (C=O) groups is 3. The van der Waals surface area contributed by atoms with Crippen molar-refractivity contribution in [2.24, 2.45) is 5.92 Å². The number of benzene rings is 2. The SMILES string of the molecule is CCC1C(=O)N2C(C(=O)OCc3ccc([N+](=O)[O-])cc3)=C(S(=O)C(C)NC(=O)c3ccccc3)CC12. The summed E-state index contributed by atoms with van der Waals surface area (Å²) >= 11 is 0. The molecule has 4 atom stereocenters. The van der Waals surface area contributed by atoms with Crippen molar-refractivity contribution in [3.63, 3.8) is 0 Å². The largest absolute Gasteiger partial charge is 0.456 e. The van der Waals surface area contributed by atoms with Crippen molar-refractivity contribution in [1.82, 2.24) is 10.2 Å². The number of ether oxygens (including phenoxy) is 1. The maximum atomic E-state index is 13.5. The standard InChI is InChI=1S/C25H25N3O7S/c1-3-19-20-13-21(36(34)15(2)26-23(29)17-7-5-4-6-8-17)22(27(20)24(19)30)25(31)35-14-16-9-11-18(12-10-16)28(32)33/h4-12,15,19-20H,3,13-14H2,1-2H3,(H,26,29). The van der Waals surface area contributed by atoms with E-state index in [1.807, 2.05) is 6.92 Å². The van der Waals surface area contributed by atoms with Crippen molar-refractivity contribution in [3.8, 4) is 0 Å². The smallest absolute Gasteiger partial charge is 0.356 e. The van der Waals surface area contributed by atoms with Gasteiger partial charge in [-0.05, 0) is 43.2 Å². The molecule has 2 aliphatic rings. The van der Waals surface area contributed by atoms with Gasteiger partial charge in [0.2, 0.25) is 5.91 Å². The Morgan fingerprint density at radius 1 is 1.19 bits per heavy atom. The average molecular weight is 512 g/mol. The number of nitrogens with one attached hydrogen (secondary N) is 1. The van der Waals surface area contributed by atoms with Crippen LogP contribution >= 0.6 is 0 Å². The Morgan fingerprint density at radius 3 is 2.47 bits per heavy atom. The molecule has 0 bridgehead atoms. The molecule has 2 aromatic rings. The molecule has 0 radical (unpaired) electrons. The van der Waals surface area contributed by atoms with Crippen molar-refractivity contribution >= 4 is 34.3 Å². The lowest BCUT2D eigenvalue weighted by Gasteiger charge is -2.43. The van der Waals surface area contributed by atoms with Crippen LogP contribution in [0.5, 0.6) is 0 Å². The summed E-state index contributed by atoms with van der Waals surface area (Å²) in [6.07, 6.45) is 0.843. The normalized spacial score (nSPS) is 20.3. The zero-order chi connectivity index (χ0) is 26.0. The minimum Gasteiger partial charge on any atom is -0.456 e. The molecule has 36 heavy (non-hydrogen) atoms. The number of nitro groups is 1. The van der Waals surface area contributed by atoms with Gasteiger partial charge in [0.05, 0.1) is 32.6 Å². The van der Waals surface area contributed by atoms with E-state index in [0.29, 0.717) is 17.5 Å². The number of rotatable bonds is 9. The number of fused-ring (bicyclic) bond motifs is 1. The van der Waals surface area contributed by atoms with E-state index in [9.17, 15) is 28.7 Å². The van der Waals surface area contributed by atoms with E-state index in [-0.39, 0.29) is 47.2 Å². The van der Waals surface area contributed by atoms with Crippen LogP contribution < -0.4 is 5.32 Å². The first kappa shape index (κ1) is 25.2. The Labute approximate surface area is 209 Å². The fraction of sp³-hybridized carbons (Fsp3) is 0.320. The first-order valence-corrected chi connectivity index (χ1v) is 12.7. The van der Waals surface area contributed by atoms with Crippen molar-refractivity contribution in [3.05, 3.63) is 86.4 Å². The van der Waals surface area contributed by atoms with Gasteiger partial charge in [-0.2, -0.15) is 0 Å². The fourth-order valence-corrected chi connectivity index (χ4v) is 5.77. The highest BCUT2D eigenvalue weighted by Gasteiger charge is 2.55. The fourth-order valence-electron chi connectivity index (χ4n) is 4.43. The monoisotopic (exact) mass is 511 g/mol. The minimum absolute atomic E-state index is 0.0456. The highest BCUT2D eigenvalue weighted by molar-refractivity contribution is 7.89. The Morgan fingerprint density at radius 2 is 1.86 bits per heavy atom. The summed E-state index contributed by atoms with van der Waals surface area (Å²) in [5.41, 5.74) is 0.800. The van der Waals surface area contributed by atoms with Crippen LogP contribution in [0.25, 0.3) is 0 Å². The lowest BCUT2D eigenvalue weighted by molar-refractivity contribution is -0.384. The quantitative estimate of drug-likeness (QED) is 0.237. The molecule has 11 heteroatoms. The highest BCUT2D eigenvalue weighted by Crippen LogP contribution is 2.45. The van der Waals surface area contributed by atoms with Gasteiger partial charge in [0, 0.05) is 24.1 Å². The second-order valence-corrected chi connectivity index (χ2v) is 10.3. The molecule has 2 aliphatic heterocycles. The van der Waals surface area contributed by atoms with Crippen molar-refractivity contribution in [2.45, 2.75) is 44.7 Å². The molecule has 1 saturated heterocycles. The van der Waals surface area contributed by atoms with Crippen molar-refractivity contribution in [2.75, 3.05) is 0 Å². The third kappa shape index (κ3) is 4.78. The molecule has 1 fully saturated rings. The van der Waals surface area contributed by atoms with Crippen LogP contribution in [0.2, 0.25) is 0 Å². The van der Waals surface area contributed by atoms with E-state index in [1.165, 1.54) is 29.2 Å². The molecule has 4 unspecified atom stereocenters. The Bertz CT molecular complexity index is 1260. The summed E-state index contributed by atoms with van der Waals surface area (Å²) in [7, 11) is -1.80. The molecule has 4 rings (SSSR count). The predicted octanol–water partition coefficient (Wildman–Crippen LogP) is 3.02. The molecule has 188 valence electrons. The van der Waals surface area contributed by atoms with E-state index in [2.05, 4.69) is 5.32 Å². The number of hydrogen-bond donors (Lipinski definition) is 1. The Kier molecular flexibility index (Phi) is 7.30. The molecule has 2 amide bonds. The van der Waals surface area contributed by atoms with Crippen LogP contribution in [0.15, 0.2) is 65.2 Å². The first-order chi connectivity index (χ1) is 17.2. The topological polar surface area (TPSA) is 136 Å². The number of non-ortho nitro benzene ring substituents is 1. The summed E-state index contributed by atoms with van der Waals surface area (Å²) < 4.78 is 18.9. The van der Waals surface area contributed by atoms with Gasteiger partial charge in [-0.15, -0.1) is 0 Å². The third-order valence-electron chi connectivity index (χ3n) is 6.33. The van der Waals surface area contributed by atoms with Gasteiger partial charge in [0.25, 0.3) is 11.6 Å². The molecule has 0 saturated carbocycles. The second kappa shape index (κ2) is 10.4. The van der Waals surface area contributed by atoms with Crippen molar-refractivity contribution < 1.29 is 28.3 Å². The average Bonchev–Trinajstić information content (AvgIpc) is 3.23. The molecule has 0 aliphatic carbocycles. The number of nitro benzene ring substituents is 1. The van der Waals surface area contributed by atoms with Gasteiger partial charge >= 0.3 is 5.97 Å². The minimum atomic E-state index is -1.80. The van der Waals surface area contributed by atoms with Gasteiger partial charge in [-0.3, -0.25) is 23.9 Å². The predicted molar refractivity (Wildman–Crippen MR) is 130 cm³/mol. The molecule has 0 spiro atoms. The number of amides is 2. The van der Waals surface area contributed by atoms with Crippen LogP contribution in [0.3, 0.4) is 0 Å². The number of hydrogen-bond acceptors (Lipinski definition) is 7. The van der Waals surface area contributed by atoms with E-state index in [1.54, 1.807) is 37.3 Å². The van der Waals surface area contributed by atoms with Gasteiger partial charge in [-0.25, -0.2) is 4.79 Å². The van der Waals surface area contributed by atoms with Gasteiger partial charge in [0.1, 0.15) is 17.7 Å². The van der Waals surface area contributed by atoms with Crippen LogP contribution in [-0.2, 0) is 31.7 Å². The number of esters is 1. The van der Waals surface area contributed by atoms with E-state index < -0.39 is 33.0 Å². The van der Waals surface area contributed by atoms with Crippen LogP contribution in [-0.4, -0.2) is 43.2 Å². The molecule has 10 nitrogen and oxygen atoms in total. The molecular formula is C25H25N3O7S. The second-order valence-electron chi connectivity index (χ2n) is 8.55. The molecular weight excluding hydrogens is 486 g/mol. The van der Waals surface area contributed by atoms with E-state index in [0.717, 1.165) is 0 Å². The number of nitrogens with zero attached hydrogens (tertiary/aromatic N) is 2. The molecule has 0 aromatic heterocycles. The summed E-state index contributed by atoms with van der Waals surface area (Å²) in [5.74, 6) is -1.70. The molecule has 2 heterocycles. The molecule has 1 N–H and O–H groups in total. The van der Waals surface area contributed by atoms with E-state index >= 15 is 0 Å². The van der Waals surface area contributed by atoms with Gasteiger partial charge in [-0.1, -0.05) is 25.1 Å². The molecule has 2 aromatic carbocycles. The zero-order valence-electron chi connectivity index (χ0n) is 19.7. The van der Waals surface area contributed by atoms with Gasteiger partial charge in [0.15, 0.2) is 0 Å². The third-order valence-corrected chi connectivity index (χ3v) is 7.94. The Balaban J connectivity index is 1.53. The maximum Gasteiger partial charge on any atom is 0.356 e. The van der Waals surface area contributed by atoms with Gasteiger partial charge < -0.3 is 15.0 Å². The van der Waals surface area contributed by atoms with Crippen molar-refractivity contribution in [1.29, 1.82) is 0 Å². The van der Waals surface area contributed by atoms with Crippen LogP contribution in [0.4, 0.5) is 5.69 Å². The summed E-state index contributed by atoms with van der Waals surface area (Å²) in [6.45, 7) is 3.28. The lowest BCUT2D eigenvalue weighted by atomic mass is 9.85. The van der Waals surface area contributed by atoms with Crippen LogP contribution in [0, 0.1) is 16.0 Å². The summed E-state index contributed by atoms with van der Waals surface area (Å²) in [4.78, 5) is 50.3. The maximum absolute atomic E-state index is 13.5. The Hall–Kier alpha value is -3.86. The number of carbonyl (C=O) groups excluding carboxylic acids is 3. The number of β-lactam (4-membered cyclic amide) rings is 1. The first-order valence-electron chi connectivity index (χ1n) is 11.5.